The molecule has 216 valence electrons. The summed E-state index contributed by atoms with van der Waals surface area (Å²) in [5, 5.41) is 12.5. The molecule has 2 heterocycles. The molecule has 2 N–H and O–H groups in total. The lowest BCUT2D eigenvalue weighted by Crippen LogP contribution is -2.31. The highest BCUT2D eigenvalue weighted by molar-refractivity contribution is 7.98. The predicted octanol–water partition coefficient (Wildman–Crippen LogP) is 8.04. The van der Waals surface area contributed by atoms with Crippen molar-refractivity contribution in [1.29, 1.82) is 0 Å². The van der Waals surface area contributed by atoms with Gasteiger partial charge in [0.1, 0.15) is 18.4 Å². The molecule has 1 aliphatic rings. The summed E-state index contributed by atoms with van der Waals surface area (Å²) >= 11 is 7.88. The fourth-order valence-corrected chi connectivity index (χ4v) is 6.01. The molecule has 0 bridgehead atoms. The van der Waals surface area contributed by atoms with Crippen LogP contribution in [0.15, 0.2) is 120 Å². The van der Waals surface area contributed by atoms with Gasteiger partial charge in [-0.1, -0.05) is 102 Å². The molecule has 0 saturated carbocycles. The number of allylic oxidation sites excluding steroid dienone is 1. The molecule has 0 radical (unpaired) electrons. The Hall–Kier alpha value is -4.53. The largest absolute Gasteiger partial charge is 0.489 e. The van der Waals surface area contributed by atoms with Gasteiger partial charge >= 0.3 is 0 Å². The van der Waals surface area contributed by atoms with Gasteiger partial charge in [0, 0.05) is 22.2 Å². The molecule has 4 aromatic carbocycles. The van der Waals surface area contributed by atoms with Gasteiger partial charge in [-0.2, -0.15) is 4.98 Å². The minimum Gasteiger partial charge on any atom is -0.489 e. The molecule has 5 aromatic rings. The van der Waals surface area contributed by atoms with Crippen LogP contribution in [0, 0.1) is 6.92 Å². The topological polar surface area (TPSA) is 81.1 Å². The number of rotatable bonds is 9. The second-order valence-electron chi connectivity index (χ2n) is 10.3. The van der Waals surface area contributed by atoms with Gasteiger partial charge in [-0.05, 0) is 60.9 Å². The van der Waals surface area contributed by atoms with Crippen molar-refractivity contribution in [2.45, 2.75) is 37.4 Å². The molecule has 7 nitrogen and oxygen atoms in total. The van der Waals surface area contributed by atoms with Gasteiger partial charge in [-0.15, -0.1) is 5.10 Å². The SMILES string of the molecule is CC1=C(C(=O)Nc2ccccc2)C(c2cccc(OCc3ccc(C)cc3)c2)n2nc(SCc3ccccc3Cl)nc2N1. The van der Waals surface area contributed by atoms with E-state index in [1.54, 1.807) is 4.68 Å². The first-order valence-electron chi connectivity index (χ1n) is 13.9. The summed E-state index contributed by atoms with van der Waals surface area (Å²) in [5.74, 6) is 1.65. The van der Waals surface area contributed by atoms with Crippen molar-refractivity contribution in [1.82, 2.24) is 14.8 Å². The Balaban J connectivity index is 1.32. The van der Waals surface area contributed by atoms with Crippen LogP contribution in [0.1, 0.15) is 35.2 Å². The van der Waals surface area contributed by atoms with Crippen LogP contribution in [0.25, 0.3) is 0 Å². The van der Waals surface area contributed by atoms with Gasteiger partial charge in [-0.25, -0.2) is 4.68 Å². The van der Waals surface area contributed by atoms with E-state index >= 15 is 0 Å². The number of thioether (sulfide) groups is 1. The lowest BCUT2D eigenvalue weighted by molar-refractivity contribution is -0.113. The third kappa shape index (κ3) is 6.61. The van der Waals surface area contributed by atoms with Gasteiger partial charge in [0.05, 0.1) is 5.57 Å². The number of benzene rings is 4. The molecule has 1 amide bonds. The van der Waals surface area contributed by atoms with Crippen LogP contribution in [-0.2, 0) is 17.2 Å². The maximum atomic E-state index is 13.8. The van der Waals surface area contributed by atoms with Crippen molar-refractivity contribution in [2.24, 2.45) is 0 Å². The Morgan fingerprint density at radius 2 is 1.74 bits per heavy atom. The van der Waals surface area contributed by atoms with E-state index < -0.39 is 6.04 Å². The maximum absolute atomic E-state index is 13.8. The van der Waals surface area contributed by atoms with Gasteiger partial charge in [-0.3, -0.25) is 4.79 Å². The van der Waals surface area contributed by atoms with E-state index in [-0.39, 0.29) is 5.91 Å². The van der Waals surface area contributed by atoms with E-state index in [1.807, 2.05) is 85.8 Å². The normalized spacial score (nSPS) is 14.2. The molecule has 0 spiro atoms. The molecule has 1 aliphatic heterocycles. The number of carbonyl (C=O) groups excluding carboxylic acids is 1. The number of carbonyl (C=O) groups is 1. The zero-order valence-electron chi connectivity index (χ0n) is 23.8. The smallest absolute Gasteiger partial charge is 0.255 e. The van der Waals surface area contributed by atoms with Crippen LogP contribution in [0.2, 0.25) is 5.02 Å². The summed E-state index contributed by atoms with van der Waals surface area (Å²) in [6.07, 6.45) is 0. The minimum atomic E-state index is -0.537. The highest BCUT2D eigenvalue weighted by atomic mass is 35.5. The lowest BCUT2D eigenvalue weighted by Gasteiger charge is -2.29. The highest BCUT2D eigenvalue weighted by Crippen LogP contribution is 2.38. The molecule has 0 aliphatic carbocycles. The molecule has 0 saturated heterocycles. The molecule has 1 unspecified atom stereocenters. The summed E-state index contributed by atoms with van der Waals surface area (Å²) < 4.78 is 7.96. The first kappa shape index (κ1) is 28.6. The van der Waals surface area contributed by atoms with Crippen LogP contribution in [0.5, 0.6) is 5.75 Å². The number of nitrogens with zero attached hydrogens (tertiary/aromatic N) is 3. The van der Waals surface area contributed by atoms with E-state index in [2.05, 4.69) is 41.8 Å². The summed E-state index contributed by atoms with van der Waals surface area (Å²) in [4.78, 5) is 18.6. The number of anilines is 2. The average molecular weight is 608 g/mol. The average Bonchev–Trinajstić information content (AvgIpc) is 3.42. The molecule has 1 aromatic heterocycles. The molecule has 0 fully saturated rings. The van der Waals surface area contributed by atoms with Crippen molar-refractivity contribution in [2.75, 3.05) is 10.6 Å². The van der Waals surface area contributed by atoms with Crippen LogP contribution < -0.4 is 15.4 Å². The Morgan fingerprint density at radius 3 is 2.53 bits per heavy atom. The predicted molar refractivity (Wildman–Crippen MR) is 173 cm³/mol. The Labute approximate surface area is 260 Å². The number of hydrogen-bond acceptors (Lipinski definition) is 6. The molecule has 43 heavy (non-hydrogen) atoms. The number of amides is 1. The summed E-state index contributed by atoms with van der Waals surface area (Å²) in [6, 6.07) is 32.7. The Morgan fingerprint density at radius 1 is 0.977 bits per heavy atom. The number of halogens is 1. The monoisotopic (exact) mass is 607 g/mol. The number of para-hydroxylation sites is 1. The Kier molecular flexibility index (Phi) is 8.49. The first-order chi connectivity index (χ1) is 20.9. The summed E-state index contributed by atoms with van der Waals surface area (Å²) in [7, 11) is 0. The summed E-state index contributed by atoms with van der Waals surface area (Å²) in [5.41, 5.74) is 6.09. The summed E-state index contributed by atoms with van der Waals surface area (Å²) in [6.45, 7) is 4.39. The van der Waals surface area contributed by atoms with Gasteiger partial charge in [0.25, 0.3) is 5.91 Å². The van der Waals surface area contributed by atoms with Gasteiger partial charge in [0.15, 0.2) is 0 Å². The number of nitrogens with one attached hydrogen (secondary N) is 2. The van der Waals surface area contributed by atoms with E-state index in [9.17, 15) is 4.79 Å². The van der Waals surface area contributed by atoms with Crippen molar-refractivity contribution in [3.8, 4) is 5.75 Å². The van der Waals surface area contributed by atoms with Gasteiger partial charge < -0.3 is 15.4 Å². The fourth-order valence-electron chi connectivity index (χ4n) is 4.90. The zero-order chi connectivity index (χ0) is 29.8. The van der Waals surface area contributed by atoms with Crippen LogP contribution in [0.4, 0.5) is 11.6 Å². The van der Waals surface area contributed by atoms with Gasteiger partial charge in [0.2, 0.25) is 11.1 Å². The quantitative estimate of drug-likeness (QED) is 0.165. The number of hydrogen-bond donors (Lipinski definition) is 2. The lowest BCUT2D eigenvalue weighted by atomic mass is 9.95. The van der Waals surface area contributed by atoms with Crippen molar-refractivity contribution in [3.05, 3.63) is 142 Å². The van der Waals surface area contributed by atoms with E-state index in [1.165, 1.54) is 17.3 Å². The highest BCUT2D eigenvalue weighted by Gasteiger charge is 2.34. The molecular formula is C34H30ClN5O2S. The minimum absolute atomic E-state index is 0.224. The third-order valence-electron chi connectivity index (χ3n) is 7.12. The first-order valence-corrected chi connectivity index (χ1v) is 15.3. The van der Waals surface area contributed by atoms with Crippen LogP contribution in [-0.4, -0.2) is 20.7 Å². The standard InChI is InChI=1S/C34H30ClN5O2S/c1-22-15-17-24(18-16-22)20-42-28-13-8-10-25(19-28)31-30(32(41)37-27-11-4-3-5-12-27)23(2)36-33-38-34(39-40(31)33)43-21-26-9-6-7-14-29(26)35/h3-19,31H,20-21H2,1-2H3,(H,37,41)(H,36,38,39). The van der Waals surface area contributed by atoms with Crippen molar-refractivity contribution >= 4 is 40.9 Å². The molecule has 6 rings (SSSR count). The second-order valence-corrected chi connectivity index (χ2v) is 11.6. The second kappa shape index (κ2) is 12.8. The Bertz CT molecular complexity index is 1790. The van der Waals surface area contributed by atoms with E-state index in [0.29, 0.717) is 51.2 Å². The molecule has 9 heteroatoms. The maximum Gasteiger partial charge on any atom is 0.255 e. The van der Waals surface area contributed by atoms with E-state index in [0.717, 1.165) is 16.7 Å². The zero-order valence-corrected chi connectivity index (χ0v) is 25.3. The number of aromatic nitrogens is 3. The van der Waals surface area contributed by atoms with E-state index in [4.69, 9.17) is 26.4 Å². The van der Waals surface area contributed by atoms with Crippen molar-refractivity contribution < 1.29 is 9.53 Å². The number of aryl methyl sites for hydroxylation is 1. The molecular weight excluding hydrogens is 578 g/mol. The molecule has 1 atom stereocenters. The van der Waals surface area contributed by atoms with Crippen molar-refractivity contribution in [3.63, 3.8) is 0 Å². The fraction of sp³-hybridized carbons (Fsp3) is 0.147. The van der Waals surface area contributed by atoms with Crippen LogP contribution in [0.3, 0.4) is 0 Å². The number of ether oxygens (including phenoxy) is 1. The van der Waals surface area contributed by atoms with Crippen LogP contribution >= 0.6 is 23.4 Å². The number of fused-ring (bicyclic) bond motifs is 1. The third-order valence-corrected chi connectivity index (χ3v) is 8.38.